The fourth-order valence-corrected chi connectivity index (χ4v) is 3.14. The van der Waals surface area contributed by atoms with Gasteiger partial charge < -0.3 is 5.32 Å². The Kier molecular flexibility index (Phi) is 6.12. The summed E-state index contributed by atoms with van der Waals surface area (Å²) < 4.78 is 39.2. The van der Waals surface area contributed by atoms with Crippen LogP contribution in [0.4, 0.5) is 13.2 Å². The molecular formula is C16H22ClF3N2. The van der Waals surface area contributed by atoms with Crippen LogP contribution in [0.25, 0.3) is 0 Å². The van der Waals surface area contributed by atoms with Crippen LogP contribution in [0.5, 0.6) is 0 Å². The molecule has 0 bridgehead atoms. The van der Waals surface area contributed by atoms with Crippen LogP contribution < -0.4 is 5.32 Å². The van der Waals surface area contributed by atoms with Gasteiger partial charge in [-0.3, -0.25) is 4.90 Å². The molecule has 1 N–H and O–H groups in total. The number of nitrogens with one attached hydrogen (secondary N) is 1. The number of halogens is 4. The van der Waals surface area contributed by atoms with E-state index in [1.807, 2.05) is 0 Å². The quantitative estimate of drug-likeness (QED) is 0.853. The van der Waals surface area contributed by atoms with Crippen LogP contribution in [0.2, 0.25) is 5.02 Å². The van der Waals surface area contributed by atoms with Gasteiger partial charge in [-0.25, -0.2) is 0 Å². The Hall–Kier alpha value is -0.780. The molecule has 0 spiro atoms. The Morgan fingerprint density at radius 3 is 2.55 bits per heavy atom. The lowest BCUT2D eigenvalue weighted by atomic mass is 9.97. The molecule has 1 fully saturated rings. The Bertz CT molecular complexity index is 485. The van der Waals surface area contributed by atoms with E-state index in [9.17, 15) is 13.2 Å². The molecule has 1 aromatic rings. The highest BCUT2D eigenvalue weighted by Crippen LogP contribution is 2.37. The lowest BCUT2D eigenvalue weighted by Crippen LogP contribution is -2.45. The molecule has 0 aliphatic carbocycles. The lowest BCUT2D eigenvalue weighted by molar-refractivity contribution is -0.137. The van der Waals surface area contributed by atoms with Crippen molar-refractivity contribution in [2.45, 2.75) is 38.4 Å². The maximum Gasteiger partial charge on any atom is 0.417 e. The molecule has 1 saturated heterocycles. The number of hydrogen-bond acceptors (Lipinski definition) is 2. The van der Waals surface area contributed by atoms with E-state index in [4.69, 9.17) is 11.6 Å². The Balaban J connectivity index is 2.30. The molecule has 1 aliphatic heterocycles. The number of piperazine rings is 1. The first-order chi connectivity index (χ1) is 10.4. The van der Waals surface area contributed by atoms with Crippen molar-refractivity contribution >= 4 is 11.6 Å². The van der Waals surface area contributed by atoms with Gasteiger partial charge in [0, 0.05) is 32.2 Å². The molecule has 0 amide bonds. The average Bonchev–Trinajstić information content (AvgIpc) is 2.49. The molecular weight excluding hydrogens is 313 g/mol. The monoisotopic (exact) mass is 334 g/mol. The zero-order valence-corrected chi connectivity index (χ0v) is 13.5. The fourth-order valence-electron chi connectivity index (χ4n) is 2.92. The number of unbranched alkanes of at least 4 members (excludes halogenated alkanes) is 1. The molecule has 0 unspecified atom stereocenters. The van der Waals surface area contributed by atoms with Gasteiger partial charge in [0.1, 0.15) is 0 Å². The van der Waals surface area contributed by atoms with Crippen molar-refractivity contribution in [2.24, 2.45) is 0 Å². The van der Waals surface area contributed by atoms with Gasteiger partial charge in [-0.2, -0.15) is 13.2 Å². The molecule has 1 aromatic carbocycles. The minimum atomic E-state index is -4.41. The number of nitrogens with zero attached hydrogens (tertiary/aromatic N) is 1. The van der Waals surface area contributed by atoms with E-state index in [1.54, 1.807) is 6.07 Å². The molecule has 2 nitrogen and oxygen atoms in total. The van der Waals surface area contributed by atoms with Crippen molar-refractivity contribution in [3.8, 4) is 0 Å². The van der Waals surface area contributed by atoms with E-state index in [0.29, 0.717) is 5.56 Å². The highest BCUT2D eigenvalue weighted by molar-refractivity contribution is 6.31. The van der Waals surface area contributed by atoms with Gasteiger partial charge in [0.05, 0.1) is 10.6 Å². The van der Waals surface area contributed by atoms with Gasteiger partial charge in [-0.05, 0) is 24.1 Å². The topological polar surface area (TPSA) is 15.3 Å². The summed E-state index contributed by atoms with van der Waals surface area (Å²) in [7, 11) is 0. The van der Waals surface area contributed by atoms with Gasteiger partial charge in [-0.15, -0.1) is 0 Å². The van der Waals surface area contributed by atoms with Crippen LogP contribution in [0.3, 0.4) is 0 Å². The summed E-state index contributed by atoms with van der Waals surface area (Å²) in [5.41, 5.74) is -0.0182. The highest BCUT2D eigenvalue weighted by Gasteiger charge is 2.34. The van der Waals surface area contributed by atoms with Gasteiger partial charge in [0.2, 0.25) is 0 Å². The summed E-state index contributed by atoms with van der Waals surface area (Å²) in [6, 6.07) is 4.37. The molecule has 1 heterocycles. The first kappa shape index (κ1) is 17.6. The molecule has 22 heavy (non-hydrogen) atoms. The minimum absolute atomic E-state index is 0.0282. The zero-order chi connectivity index (χ0) is 16.2. The molecule has 6 heteroatoms. The summed E-state index contributed by atoms with van der Waals surface area (Å²) in [6.45, 7) is 5.57. The van der Waals surface area contributed by atoms with Gasteiger partial charge >= 0.3 is 6.18 Å². The van der Waals surface area contributed by atoms with Gasteiger partial charge in [-0.1, -0.05) is 37.4 Å². The van der Waals surface area contributed by atoms with E-state index in [1.165, 1.54) is 12.1 Å². The Morgan fingerprint density at radius 1 is 1.27 bits per heavy atom. The van der Waals surface area contributed by atoms with Crippen molar-refractivity contribution in [3.05, 3.63) is 34.3 Å². The largest absolute Gasteiger partial charge is 0.417 e. The van der Waals surface area contributed by atoms with Crippen LogP contribution in [0.15, 0.2) is 18.2 Å². The number of alkyl halides is 3. The molecule has 1 aliphatic rings. The molecule has 1 atom stereocenters. The number of hydrogen-bond donors (Lipinski definition) is 1. The van der Waals surface area contributed by atoms with E-state index < -0.39 is 11.7 Å². The summed E-state index contributed by atoms with van der Waals surface area (Å²) in [6.07, 6.45) is -1.51. The van der Waals surface area contributed by atoms with Crippen molar-refractivity contribution in [1.29, 1.82) is 0 Å². The highest BCUT2D eigenvalue weighted by atomic mass is 35.5. The predicted octanol–water partition coefficient (Wildman–Crippen LogP) is 4.50. The Labute approximate surface area is 134 Å². The number of benzene rings is 1. The third-order valence-electron chi connectivity index (χ3n) is 4.10. The van der Waals surface area contributed by atoms with Crippen LogP contribution >= 0.6 is 11.6 Å². The van der Waals surface area contributed by atoms with Crippen LogP contribution in [0.1, 0.15) is 43.4 Å². The summed E-state index contributed by atoms with van der Waals surface area (Å²) in [4.78, 5) is 2.27. The maximum absolute atomic E-state index is 13.1. The normalized spacial score (nSPS) is 18.4. The first-order valence-electron chi connectivity index (χ1n) is 7.75. The van der Waals surface area contributed by atoms with Crippen LogP contribution in [-0.2, 0) is 6.18 Å². The Morgan fingerprint density at radius 2 is 1.95 bits per heavy atom. The van der Waals surface area contributed by atoms with Crippen LogP contribution in [0, 0.1) is 0 Å². The van der Waals surface area contributed by atoms with Crippen molar-refractivity contribution in [1.82, 2.24) is 10.2 Å². The molecule has 0 aromatic heterocycles. The summed E-state index contributed by atoms with van der Waals surface area (Å²) in [5, 5.41) is 3.05. The maximum atomic E-state index is 13.1. The predicted molar refractivity (Wildman–Crippen MR) is 83.2 cm³/mol. The second-order valence-electron chi connectivity index (χ2n) is 5.68. The van der Waals surface area contributed by atoms with E-state index in [-0.39, 0.29) is 11.1 Å². The van der Waals surface area contributed by atoms with E-state index >= 15 is 0 Å². The second kappa shape index (κ2) is 7.66. The SMILES string of the molecule is CCCC[C@H](c1ccc(Cl)c(C(F)(F)F)c1)N1CCNCC1. The third-order valence-corrected chi connectivity index (χ3v) is 4.43. The lowest BCUT2D eigenvalue weighted by Gasteiger charge is -2.35. The summed E-state index contributed by atoms with van der Waals surface area (Å²) >= 11 is 5.73. The van der Waals surface area contributed by atoms with Crippen LogP contribution in [-0.4, -0.2) is 31.1 Å². The minimum Gasteiger partial charge on any atom is -0.314 e. The summed E-state index contributed by atoms with van der Waals surface area (Å²) in [5.74, 6) is 0. The third kappa shape index (κ3) is 4.37. The van der Waals surface area contributed by atoms with Crippen molar-refractivity contribution < 1.29 is 13.2 Å². The molecule has 0 saturated carbocycles. The van der Waals surface area contributed by atoms with Gasteiger partial charge in [0.25, 0.3) is 0 Å². The van der Waals surface area contributed by atoms with E-state index in [0.717, 1.165) is 45.4 Å². The van der Waals surface area contributed by atoms with Crippen molar-refractivity contribution in [2.75, 3.05) is 26.2 Å². The first-order valence-corrected chi connectivity index (χ1v) is 8.12. The molecule has 2 rings (SSSR count). The number of rotatable bonds is 5. The fraction of sp³-hybridized carbons (Fsp3) is 0.625. The van der Waals surface area contributed by atoms with E-state index in [2.05, 4.69) is 17.1 Å². The smallest absolute Gasteiger partial charge is 0.314 e. The van der Waals surface area contributed by atoms with Crippen molar-refractivity contribution in [3.63, 3.8) is 0 Å². The molecule has 0 radical (unpaired) electrons. The average molecular weight is 335 g/mol. The second-order valence-corrected chi connectivity index (χ2v) is 6.09. The standard InChI is InChI=1S/C16H22ClF3N2/c1-2-3-4-15(22-9-7-21-8-10-22)12-5-6-14(17)13(11-12)16(18,19)20/h5-6,11,15,21H,2-4,7-10H2,1H3/t15-/m1/s1. The van der Waals surface area contributed by atoms with Gasteiger partial charge in [0.15, 0.2) is 0 Å². The zero-order valence-electron chi connectivity index (χ0n) is 12.7. The molecule has 124 valence electrons.